The van der Waals surface area contributed by atoms with Crippen molar-refractivity contribution in [3.05, 3.63) is 59.7 Å². The highest BCUT2D eigenvalue weighted by atomic mass is 32.2. The van der Waals surface area contributed by atoms with E-state index in [-0.39, 0.29) is 13.2 Å². The van der Waals surface area contributed by atoms with Crippen LogP contribution >= 0.6 is 0 Å². The Morgan fingerprint density at radius 2 is 1.08 bits per heavy atom. The van der Waals surface area contributed by atoms with E-state index in [1.165, 1.54) is 0 Å². The van der Waals surface area contributed by atoms with Crippen LogP contribution in [0, 0.1) is 0 Å². The Balaban J connectivity index is 2.18. The van der Waals surface area contributed by atoms with Gasteiger partial charge in [0, 0.05) is 0 Å². The van der Waals surface area contributed by atoms with E-state index in [2.05, 4.69) is 0 Å². The monoisotopic (exact) mass is 382 g/mol. The summed E-state index contributed by atoms with van der Waals surface area (Å²) in [4.78, 5) is 0. The van der Waals surface area contributed by atoms with Crippen molar-refractivity contribution in [1.82, 2.24) is 0 Å². The molecule has 6 nitrogen and oxygen atoms in total. The second-order valence-corrected chi connectivity index (χ2v) is 9.39. The molecule has 0 atom stereocenters. The summed E-state index contributed by atoms with van der Waals surface area (Å²) in [5.74, 6) is 0. The van der Waals surface area contributed by atoms with Crippen molar-refractivity contribution in [1.29, 1.82) is 0 Å². The fourth-order valence-electron chi connectivity index (χ4n) is 3.18. The highest BCUT2D eigenvalue weighted by Crippen LogP contribution is 2.49. The molecule has 3 rings (SSSR count). The summed E-state index contributed by atoms with van der Waals surface area (Å²) in [6.07, 6.45) is 1.93. The van der Waals surface area contributed by atoms with Crippen molar-refractivity contribution in [3.8, 4) is 11.1 Å². The van der Waals surface area contributed by atoms with E-state index < -0.39 is 25.7 Å². The SMILES string of the molecule is CS(=O)(=O)OCC1(COS(C)(=O)=O)c2ccccc2-c2ccccc21. The largest absolute Gasteiger partial charge is 0.269 e. The third kappa shape index (κ3) is 3.62. The molecule has 8 heteroatoms. The molecule has 0 unspecified atom stereocenters. The first-order chi connectivity index (χ1) is 11.6. The van der Waals surface area contributed by atoms with Crippen molar-refractivity contribution in [2.75, 3.05) is 25.7 Å². The minimum Gasteiger partial charge on any atom is -0.269 e. The molecule has 1 aliphatic rings. The van der Waals surface area contributed by atoms with Gasteiger partial charge in [-0.25, -0.2) is 0 Å². The number of rotatable bonds is 6. The topological polar surface area (TPSA) is 86.7 Å². The minimum atomic E-state index is -3.71. The predicted molar refractivity (Wildman–Crippen MR) is 94.2 cm³/mol. The van der Waals surface area contributed by atoms with E-state index in [0.29, 0.717) is 0 Å². The molecule has 0 aliphatic heterocycles. The zero-order chi connectivity index (χ0) is 18.3. The average molecular weight is 382 g/mol. The van der Waals surface area contributed by atoms with Crippen LogP contribution in [0.15, 0.2) is 48.5 Å². The summed E-state index contributed by atoms with van der Waals surface area (Å²) in [6, 6.07) is 14.9. The first kappa shape index (κ1) is 18.1. The van der Waals surface area contributed by atoms with Crippen LogP contribution in [0.2, 0.25) is 0 Å². The standard InChI is InChI=1S/C17H18O6S2/c1-24(18,19)22-11-17(12-23-25(2,20)21)15-9-5-3-7-13(15)14-8-4-6-10-16(14)17/h3-10H,11-12H2,1-2H3. The molecule has 0 spiro atoms. The van der Waals surface area contributed by atoms with Gasteiger partial charge in [-0.3, -0.25) is 8.37 Å². The molecule has 2 aromatic rings. The highest BCUT2D eigenvalue weighted by Gasteiger charge is 2.45. The highest BCUT2D eigenvalue weighted by molar-refractivity contribution is 7.86. The smallest absolute Gasteiger partial charge is 0.264 e. The van der Waals surface area contributed by atoms with Gasteiger partial charge in [0.15, 0.2) is 0 Å². The van der Waals surface area contributed by atoms with Crippen LogP contribution in [-0.4, -0.2) is 42.6 Å². The van der Waals surface area contributed by atoms with Gasteiger partial charge in [-0.05, 0) is 22.3 Å². The van der Waals surface area contributed by atoms with Crippen molar-refractivity contribution >= 4 is 20.2 Å². The lowest BCUT2D eigenvalue weighted by atomic mass is 9.80. The maximum absolute atomic E-state index is 11.6. The normalized spacial score (nSPS) is 15.6. The lowest BCUT2D eigenvalue weighted by Crippen LogP contribution is -2.38. The number of hydrogen-bond donors (Lipinski definition) is 0. The van der Waals surface area contributed by atoms with Crippen molar-refractivity contribution < 1.29 is 25.2 Å². The van der Waals surface area contributed by atoms with Gasteiger partial charge in [-0.15, -0.1) is 0 Å². The maximum atomic E-state index is 11.6. The molecule has 2 aromatic carbocycles. The molecular formula is C17H18O6S2. The van der Waals surface area contributed by atoms with E-state index in [0.717, 1.165) is 34.8 Å². The first-order valence-corrected chi connectivity index (χ1v) is 11.1. The Morgan fingerprint density at radius 1 is 0.720 bits per heavy atom. The molecule has 0 fully saturated rings. The van der Waals surface area contributed by atoms with E-state index in [1.54, 1.807) is 0 Å². The van der Waals surface area contributed by atoms with Crippen molar-refractivity contribution in [2.24, 2.45) is 0 Å². The zero-order valence-electron chi connectivity index (χ0n) is 13.8. The number of benzene rings is 2. The molecule has 1 aliphatic carbocycles. The lowest BCUT2D eigenvalue weighted by molar-refractivity contribution is 0.182. The first-order valence-electron chi connectivity index (χ1n) is 7.51. The van der Waals surface area contributed by atoms with E-state index in [4.69, 9.17) is 8.37 Å². The summed E-state index contributed by atoms with van der Waals surface area (Å²) in [5, 5.41) is 0. The zero-order valence-corrected chi connectivity index (χ0v) is 15.4. The van der Waals surface area contributed by atoms with Gasteiger partial charge in [0.05, 0.1) is 31.1 Å². The van der Waals surface area contributed by atoms with E-state index >= 15 is 0 Å². The molecule has 0 radical (unpaired) electrons. The number of fused-ring (bicyclic) bond motifs is 3. The Kier molecular flexibility index (Phi) is 4.48. The van der Waals surface area contributed by atoms with E-state index in [9.17, 15) is 16.8 Å². The Bertz CT molecular complexity index is 925. The maximum Gasteiger partial charge on any atom is 0.264 e. The van der Waals surface area contributed by atoms with Crippen LogP contribution in [0.1, 0.15) is 11.1 Å². The molecular weight excluding hydrogens is 364 g/mol. The lowest BCUT2D eigenvalue weighted by Gasteiger charge is -2.30. The summed E-state index contributed by atoms with van der Waals surface area (Å²) in [5.41, 5.74) is 2.35. The van der Waals surface area contributed by atoms with Crippen LogP contribution in [0.25, 0.3) is 11.1 Å². The predicted octanol–water partition coefficient (Wildman–Crippen LogP) is 1.91. The molecule has 0 saturated heterocycles. The minimum absolute atomic E-state index is 0.241. The molecule has 0 saturated carbocycles. The van der Waals surface area contributed by atoms with Gasteiger partial charge < -0.3 is 0 Å². The molecule has 0 amide bonds. The summed E-state index contributed by atoms with van der Waals surface area (Å²) < 4.78 is 56.5. The molecule has 134 valence electrons. The van der Waals surface area contributed by atoms with Crippen molar-refractivity contribution in [3.63, 3.8) is 0 Å². The Hall–Kier alpha value is -1.74. The molecule has 0 aromatic heterocycles. The second kappa shape index (κ2) is 6.21. The number of hydrogen-bond acceptors (Lipinski definition) is 6. The summed E-state index contributed by atoms with van der Waals surface area (Å²) >= 11 is 0. The van der Waals surface area contributed by atoms with Crippen LogP contribution < -0.4 is 0 Å². The van der Waals surface area contributed by atoms with Crippen LogP contribution in [-0.2, 0) is 34.0 Å². The van der Waals surface area contributed by atoms with Gasteiger partial charge in [0.1, 0.15) is 0 Å². The quantitative estimate of drug-likeness (QED) is 0.709. The van der Waals surface area contributed by atoms with Gasteiger partial charge >= 0.3 is 0 Å². The fourth-order valence-corrected chi connectivity index (χ4v) is 4.01. The van der Waals surface area contributed by atoms with E-state index in [1.807, 2.05) is 48.5 Å². The Labute approximate surface area is 147 Å². The average Bonchev–Trinajstić information content (AvgIpc) is 2.81. The fraction of sp³-hybridized carbons (Fsp3) is 0.294. The van der Waals surface area contributed by atoms with Gasteiger partial charge in [0.25, 0.3) is 20.2 Å². The molecule has 0 bridgehead atoms. The molecule has 0 N–H and O–H groups in total. The van der Waals surface area contributed by atoms with Crippen LogP contribution in [0.3, 0.4) is 0 Å². The van der Waals surface area contributed by atoms with Gasteiger partial charge in [0.2, 0.25) is 0 Å². The molecule has 0 heterocycles. The third-order valence-corrected chi connectivity index (χ3v) is 5.31. The summed E-state index contributed by atoms with van der Waals surface area (Å²) in [6.45, 7) is -0.481. The second-order valence-electron chi connectivity index (χ2n) is 6.11. The third-order valence-electron chi connectivity index (χ3n) is 4.21. The van der Waals surface area contributed by atoms with Gasteiger partial charge in [-0.2, -0.15) is 16.8 Å². The summed E-state index contributed by atoms with van der Waals surface area (Å²) in [7, 11) is -7.43. The van der Waals surface area contributed by atoms with Gasteiger partial charge in [-0.1, -0.05) is 48.5 Å². The molecule has 25 heavy (non-hydrogen) atoms. The van der Waals surface area contributed by atoms with Crippen LogP contribution in [0.4, 0.5) is 0 Å². The Morgan fingerprint density at radius 3 is 1.44 bits per heavy atom. The van der Waals surface area contributed by atoms with Crippen molar-refractivity contribution in [2.45, 2.75) is 5.41 Å². The van der Waals surface area contributed by atoms with Crippen LogP contribution in [0.5, 0.6) is 0 Å².